The first kappa shape index (κ1) is 13.8. The summed E-state index contributed by atoms with van der Waals surface area (Å²) in [5.74, 6) is -0.467. The van der Waals surface area contributed by atoms with Crippen molar-refractivity contribution < 1.29 is 9.18 Å². The number of halogens is 1. The van der Waals surface area contributed by atoms with Crippen molar-refractivity contribution in [2.24, 2.45) is 5.73 Å². The number of carbonyl (C=O) groups excluding carboxylic acids is 1. The van der Waals surface area contributed by atoms with Crippen LogP contribution in [0.4, 0.5) is 10.1 Å². The van der Waals surface area contributed by atoms with Crippen LogP contribution in [0.25, 0.3) is 0 Å². The number of amides is 1. The molecule has 19 heavy (non-hydrogen) atoms. The smallest absolute Gasteiger partial charge is 0.218 e. The molecule has 0 saturated carbocycles. The maximum atomic E-state index is 12.9. The first-order chi connectivity index (χ1) is 9.06. The van der Waals surface area contributed by atoms with Gasteiger partial charge in [0.25, 0.3) is 0 Å². The largest absolute Gasteiger partial charge is 0.370 e. The number of nitrogens with zero attached hydrogens (tertiary/aromatic N) is 2. The molecule has 1 aromatic carbocycles. The van der Waals surface area contributed by atoms with E-state index in [1.807, 2.05) is 6.92 Å². The lowest BCUT2D eigenvalue weighted by Crippen LogP contribution is -2.50. The van der Waals surface area contributed by atoms with Crippen molar-refractivity contribution in [1.29, 1.82) is 0 Å². The summed E-state index contributed by atoms with van der Waals surface area (Å²) in [6.45, 7) is 5.58. The molecular formula is C14H20FN3O. The fraction of sp³-hybridized carbons (Fsp3) is 0.500. The molecule has 4 nitrogen and oxygen atoms in total. The summed E-state index contributed by atoms with van der Waals surface area (Å²) in [5, 5.41) is 0. The SMILES string of the molecule is CC(CC(N)=O)N1CCN(c2ccc(F)cc2)CC1. The second kappa shape index (κ2) is 6.02. The van der Waals surface area contributed by atoms with Crippen LogP contribution in [0.15, 0.2) is 24.3 Å². The maximum absolute atomic E-state index is 12.9. The lowest BCUT2D eigenvalue weighted by Gasteiger charge is -2.38. The molecule has 0 aromatic heterocycles. The molecule has 0 spiro atoms. The molecule has 1 aromatic rings. The van der Waals surface area contributed by atoms with E-state index in [0.717, 1.165) is 31.9 Å². The molecule has 1 saturated heterocycles. The Kier molecular flexibility index (Phi) is 4.37. The van der Waals surface area contributed by atoms with Gasteiger partial charge in [-0.1, -0.05) is 0 Å². The number of anilines is 1. The Hall–Kier alpha value is -1.62. The van der Waals surface area contributed by atoms with Gasteiger partial charge in [0.2, 0.25) is 5.91 Å². The van der Waals surface area contributed by atoms with E-state index < -0.39 is 0 Å². The number of hydrogen-bond donors (Lipinski definition) is 1. The number of piperazine rings is 1. The van der Waals surface area contributed by atoms with Crippen molar-refractivity contribution in [2.75, 3.05) is 31.1 Å². The minimum absolute atomic E-state index is 0.188. The molecule has 1 aliphatic rings. The Labute approximate surface area is 113 Å². The molecule has 1 unspecified atom stereocenters. The van der Waals surface area contributed by atoms with Crippen LogP contribution < -0.4 is 10.6 Å². The zero-order valence-electron chi connectivity index (χ0n) is 11.2. The molecule has 2 rings (SSSR count). The minimum Gasteiger partial charge on any atom is -0.370 e. The summed E-state index contributed by atoms with van der Waals surface area (Å²) in [6.07, 6.45) is 0.399. The van der Waals surface area contributed by atoms with Gasteiger partial charge >= 0.3 is 0 Å². The van der Waals surface area contributed by atoms with E-state index in [0.29, 0.717) is 6.42 Å². The third-order valence-corrected chi connectivity index (χ3v) is 3.63. The summed E-state index contributed by atoms with van der Waals surface area (Å²) in [5.41, 5.74) is 6.27. The minimum atomic E-state index is -0.256. The van der Waals surface area contributed by atoms with E-state index >= 15 is 0 Å². The molecule has 0 bridgehead atoms. The first-order valence-electron chi connectivity index (χ1n) is 6.59. The van der Waals surface area contributed by atoms with Gasteiger partial charge in [0.1, 0.15) is 5.82 Å². The van der Waals surface area contributed by atoms with E-state index in [1.165, 1.54) is 12.1 Å². The fourth-order valence-corrected chi connectivity index (χ4v) is 2.49. The molecule has 1 fully saturated rings. The van der Waals surface area contributed by atoms with Crippen molar-refractivity contribution in [1.82, 2.24) is 4.90 Å². The lowest BCUT2D eigenvalue weighted by molar-refractivity contribution is -0.119. The third kappa shape index (κ3) is 3.67. The van der Waals surface area contributed by atoms with Gasteiger partial charge in [0, 0.05) is 44.3 Å². The number of hydrogen-bond acceptors (Lipinski definition) is 3. The van der Waals surface area contributed by atoms with Crippen LogP contribution in [0.5, 0.6) is 0 Å². The van der Waals surface area contributed by atoms with Crippen LogP contribution in [-0.2, 0) is 4.79 Å². The van der Waals surface area contributed by atoms with E-state index in [4.69, 9.17) is 5.73 Å². The summed E-state index contributed by atoms with van der Waals surface area (Å²) >= 11 is 0. The second-order valence-corrected chi connectivity index (χ2v) is 5.02. The molecule has 1 heterocycles. The van der Waals surface area contributed by atoms with Crippen LogP contribution in [-0.4, -0.2) is 43.0 Å². The predicted molar refractivity (Wildman–Crippen MR) is 73.5 cm³/mol. The predicted octanol–water partition coefficient (Wildman–Crippen LogP) is 1.21. The average Bonchev–Trinajstić information content (AvgIpc) is 2.39. The first-order valence-corrected chi connectivity index (χ1v) is 6.59. The van der Waals surface area contributed by atoms with Crippen molar-refractivity contribution in [2.45, 2.75) is 19.4 Å². The van der Waals surface area contributed by atoms with Crippen LogP contribution in [0, 0.1) is 5.82 Å². The van der Waals surface area contributed by atoms with Crippen molar-refractivity contribution in [3.8, 4) is 0 Å². The topological polar surface area (TPSA) is 49.6 Å². The highest BCUT2D eigenvalue weighted by Gasteiger charge is 2.22. The Morgan fingerprint density at radius 2 is 1.84 bits per heavy atom. The molecule has 1 atom stereocenters. The number of benzene rings is 1. The Morgan fingerprint density at radius 3 is 2.37 bits per heavy atom. The highest BCUT2D eigenvalue weighted by Crippen LogP contribution is 2.18. The summed E-state index contributed by atoms with van der Waals surface area (Å²) in [7, 11) is 0. The number of primary amides is 1. The number of nitrogens with two attached hydrogens (primary N) is 1. The molecule has 2 N–H and O–H groups in total. The molecule has 5 heteroatoms. The summed E-state index contributed by atoms with van der Waals surface area (Å²) in [4.78, 5) is 15.4. The summed E-state index contributed by atoms with van der Waals surface area (Å²) < 4.78 is 12.9. The van der Waals surface area contributed by atoms with Crippen molar-refractivity contribution in [3.05, 3.63) is 30.1 Å². The summed E-state index contributed by atoms with van der Waals surface area (Å²) in [6, 6.07) is 6.76. The molecule has 1 amide bonds. The highest BCUT2D eigenvalue weighted by molar-refractivity contribution is 5.74. The molecule has 0 aliphatic carbocycles. The van der Waals surface area contributed by atoms with E-state index in [-0.39, 0.29) is 17.8 Å². The number of rotatable bonds is 4. The molecular weight excluding hydrogens is 245 g/mol. The Bertz CT molecular complexity index is 427. The van der Waals surface area contributed by atoms with Crippen molar-refractivity contribution >= 4 is 11.6 Å². The zero-order chi connectivity index (χ0) is 13.8. The molecule has 104 valence electrons. The normalized spacial score (nSPS) is 18.3. The fourth-order valence-electron chi connectivity index (χ4n) is 2.49. The monoisotopic (exact) mass is 265 g/mol. The lowest BCUT2D eigenvalue weighted by atomic mass is 10.1. The maximum Gasteiger partial charge on any atom is 0.218 e. The van der Waals surface area contributed by atoms with Crippen LogP contribution in [0.1, 0.15) is 13.3 Å². The van der Waals surface area contributed by atoms with Gasteiger partial charge in [-0.05, 0) is 31.2 Å². The van der Waals surface area contributed by atoms with Gasteiger partial charge in [-0.2, -0.15) is 0 Å². The van der Waals surface area contributed by atoms with Crippen LogP contribution in [0.2, 0.25) is 0 Å². The van der Waals surface area contributed by atoms with Gasteiger partial charge in [0.15, 0.2) is 0 Å². The molecule has 1 aliphatic heterocycles. The van der Waals surface area contributed by atoms with E-state index in [2.05, 4.69) is 9.80 Å². The highest BCUT2D eigenvalue weighted by atomic mass is 19.1. The third-order valence-electron chi connectivity index (χ3n) is 3.63. The second-order valence-electron chi connectivity index (χ2n) is 5.02. The van der Waals surface area contributed by atoms with Crippen LogP contribution >= 0.6 is 0 Å². The van der Waals surface area contributed by atoms with Gasteiger partial charge in [-0.3, -0.25) is 9.69 Å². The molecule has 0 radical (unpaired) electrons. The average molecular weight is 265 g/mol. The van der Waals surface area contributed by atoms with Gasteiger partial charge in [-0.15, -0.1) is 0 Å². The standard InChI is InChI=1S/C14H20FN3O/c1-11(10-14(16)19)17-6-8-18(9-7-17)13-4-2-12(15)3-5-13/h2-5,11H,6-10H2,1H3,(H2,16,19). The van der Waals surface area contributed by atoms with Gasteiger partial charge in [-0.25, -0.2) is 4.39 Å². The Balaban J connectivity index is 1.88. The van der Waals surface area contributed by atoms with Crippen LogP contribution in [0.3, 0.4) is 0 Å². The zero-order valence-corrected chi connectivity index (χ0v) is 11.2. The number of carbonyl (C=O) groups is 1. The van der Waals surface area contributed by atoms with Gasteiger partial charge < -0.3 is 10.6 Å². The van der Waals surface area contributed by atoms with E-state index in [1.54, 1.807) is 12.1 Å². The Morgan fingerprint density at radius 1 is 1.26 bits per heavy atom. The van der Waals surface area contributed by atoms with Crippen molar-refractivity contribution in [3.63, 3.8) is 0 Å². The quantitative estimate of drug-likeness (QED) is 0.890. The van der Waals surface area contributed by atoms with Gasteiger partial charge in [0.05, 0.1) is 0 Å². The van der Waals surface area contributed by atoms with E-state index in [9.17, 15) is 9.18 Å².